The van der Waals surface area contributed by atoms with Gasteiger partial charge in [-0.25, -0.2) is 4.99 Å². The number of aliphatic hydroxyl groups is 1. The highest BCUT2D eigenvalue weighted by atomic mass is 16.7. The average Bonchev–Trinajstić information content (AvgIpc) is 2.41. The molecule has 4 heteroatoms. The van der Waals surface area contributed by atoms with Crippen LogP contribution in [0.3, 0.4) is 0 Å². The second-order valence-electron chi connectivity index (χ2n) is 3.23. The van der Waals surface area contributed by atoms with E-state index in [9.17, 15) is 0 Å². The van der Waals surface area contributed by atoms with Gasteiger partial charge in [-0.3, -0.25) is 0 Å². The van der Waals surface area contributed by atoms with Gasteiger partial charge < -0.3 is 14.6 Å². The fourth-order valence-electron chi connectivity index (χ4n) is 1.78. The zero-order valence-corrected chi connectivity index (χ0v) is 7.12. The van der Waals surface area contributed by atoms with E-state index < -0.39 is 5.79 Å². The molecule has 0 saturated carbocycles. The lowest BCUT2D eigenvalue weighted by Gasteiger charge is -2.34. The van der Waals surface area contributed by atoms with Crippen molar-refractivity contribution >= 4 is 5.90 Å². The molecule has 0 aromatic heterocycles. The molecule has 0 aliphatic carbocycles. The molecule has 2 atom stereocenters. The summed E-state index contributed by atoms with van der Waals surface area (Å²) in [6.45, 7) is 2.33. The van der Waals surface area contributed by atoms with Gasteiger partial charge in [0.15, 0.2) is 5.90 Å². The van der Waals surface area contributed by atoms with E-state index in [0.29, 0.717) is 12.5 Å². The first-order valence-corrected chi connectivity index (χ1v) is 4.25. The molecule has 0 aromatic carbocycles. The predicted octanol–water partition coefficient (Wildman–Crippen LogP) is 0.303. The lowest BCUT2D eigenvalue weighted by atomic mass is 10.0. The van der Waals surface area contributed by atoms with Crippen LogP contribution in [-0.4, -0.2) is 36.0 Å². The lowest BCUT2D eigenvalue weighted by molar-refractivity contribution is -0.229. The van der Waals surface area contributed by atoms with E-state index in [0.717, 1.165) is 12.8 Å². The minimum atomic E-state index is -0.845. The maximum Gasteiger partial charge on any atom is 0.257 e. The summed E-state index contributed by atoms with van der Waals surface area (Å²) >= 11 is 0. The average molecular weight is 171 g/mol. The Morgan fingerprint density at radius 1 is 1.75 bits per heavy atom. The zero-order chi connectivity index (χ0) is 8.60. The largest absolute Gasteiger partial charge is 0.445 e. The number of rotatable bonds is 1. The van der Waals surface area contributed by atoms with E-state index in [1.165, 1.54) is 0 Å². The van der Waals surface area contributed by atoms with Crippen LogP contribution < -0.4 is 0 Å². The standard InChI is InChI=1S/C8H13NO3/c1-6-9-7-3-2-4-11-8(7,5-10)12-6/h7,10H,2-5H2,1H3. The Kier molecular flexibility index (Phi) is 1.81. The number of nitrogens with zero attached hydrogens (tertiary/aromatic N) is 1. The van der Waals surface area contributed by atoms with Crippen molar-refractivity contribution in [3.05, 3.63) is 0 Å². The summed E-state index contributed by atoms with van der Waals surface area (Å²) in [7, 11) is 0. The fourth-order valence-corrected chi connectivity index (χ4v) is 1.78. The Morgan fingerprint density at radius 3 is 3.25 bits per heavy atom. The highest BCUT2D eigenvalue weighted by molar-refractivity contribution is 5.75. The Balaban J connectivity index is 2.19. The summed E-state index contributed by atoms with van der Waals surface area (Å²) in [5.74, 6) is -0.224. The number of aliphatic hydroxyl groups excluding tert-OH is 1. The Hall–Kier alpha value is -0.610. The van der Waals surface area contributed by atoms with Gasteiger partial charge in [0.25, 0.3) is 5.79 Å². The first-order chi connectivity index (χ1) is 5.77. The molecule has 68 valence electrons. The molecular formula is C8H13NO3. The van der Waals surface area contributed by atoms with Crippen LogP contribution >= 0.6 is 0 Å². The summed E-state index contributed by atoms with van der Waals surface area (Å²) in [5, 5.41) is 9.15. The summed E-state index contributed by atoms with van der Waals surface area (Å²) in [5.41, 5.74) is 0. The summed E-state index contributed by atoms with van der Waals surface area (Å²) in [6, 6.07) is -0.00347. The molecule has 0 aromatic rings. The third-order valence-corrected chi connectivity index (χ3v) is 2.35. The topological polar surface area (TPSA) is 51.0 Å². The number of hydrogen-bond donors (Lipinski definition) is 1. The molecular weight excluding hydrogens is 158 g/mol. The first kappa shape index (κ1) is 8.01. The van der Waals surface area contributed by atoms with Crippen LogP contribution in [0.2, 0.25) is 0 Å². The van der Waals surface area contributed by atoms with Gasteiger partial charge in [0.1, 0.15) is 12.6 Å². The van der Waals surface area contributed by atoms with Crippen molar-refractivity contribution in [1.82, 2.24) is 0 Å². The maximum absolute atomic E-state index is 9.15. The molecule has 1 saturated heterocycles. The summed E-state index contributed by atoms with van der Waals surface area (Å²) in [4.78, 5) is 4.26. The van der Waals surface area contributed by atoms with E-state index in [1.807, 2.05) is 0 Å². The zero-order valence-electron chi connectivity index (χ0n) is 7.12. The smallest absolute Gasteiger partial charge is 0.257 e. The van der Waals surface area contributed by atoms with Crippen LogP contribution in [0.15, 0.2) is 4.99 Å². The van der Waals surface area contributed by atoms with E-state index in [1.54, 1.807) is 6.92 Å². The number of ether oxygens (including phenoxy) is 2. The molecule has 2 heterocycles. The highest BCUT2D eigenvalue weighted by Crippen LogP contribution is 2.33. The highest BCUT2D eigenvalue weighted by Gasteiger charge is 2.48. The first-order valence-electron chi connectivity index (χ1n) is 4.25. The molecule has 1 fully saturated rings. The molecule has 2 aliphatic rings. The molecule has 2 rings (SSSR count). The third kappa shape index (κ3) is 1.03. The van der Waals surface area contributed by atoms with Crippen molar-refractivity contribution in [2.24, 2.45) is 4.99 Å². The van der Waals surface area contributed by atoms with Gasteiger partial charge in [-0.05, 0) is 12.8 Å². The number of aliphatic imine (C=N–C) groups is 1. The molecule has 0 bridgehead atoms. The van der Waals surface area contributed by atoms with Gasteiger partial charge in [-0.2, -0.15) is 0 Å². The van der Waals surface area contributed by atoms with Crippen LogP contribution in [-0.2, 0) is 9.47 Å². The lowest BCUT2D eigenvalue weighted by Crippen LogP contribution is -2.49. The molecule has 0 radical (unpaired) electrons. The van der Waals surface area contributed by atoms with Crippen molar-refractivity contribution < 1.29 is 14.6 Å². The van der Waals surface area contributed by atoms with Gasteiger partial charge in [0.2, 0.25) is 0 Å². The van der Waals surface area contributed by atoms with Gasteiger partial charge in [0, 0.05) is 6.92 Å². The van der Waals surface area contributed by atoms with Crippen LogP contribution in [0.1, 0.15) is 19.8 Å². The molecule has 2 unspecified atom stereocenters. The predicted molar refractivity (Wildman–Crippen MR) is 43.0 cm³/mol. The summed E-state index contributed by atoms with van der Waals surface area (Å²) in [6.07, 6.45) is 1.93. The monoisotopic (exact) mass is 171 g/mol. The van der Waals surface area contributed by atoms with Crippen molar-refractivity contribution in [2.75, 3.05) is 13.2 Å². The molecule has 0 spiro atoms. The second-order valence-corrected chi connectivity index (χ2v) is 3.23. The maximum atomic E-state index is 9.15. The van der Waals surface area contributed by atoms with Crippen LogP contribution in [0.25, 0.3) is 0 Å². The van der Waals surface area contributed by atoms with Crippen molar-refractivity contribution in [3.8, 4) is 0 Å². The fraction of sp³-hybridized carbons (Fsp3) is 0.875. The quantitative estimate of drug-likeness (QED) is 0.617. The van der Waals surface area contributed by atoms with Gasteiger partial charge >= 0.3 is 0 Å². The number of hydrogen-bond acceptors (Lipinski definition) is 4. The van der Waals surface area contributed by atoms with E-state index in [-0.39, 0.29) is 12.6 Å². The van der Waals surface area contributed by atoms with Gasteiger partial charge in [-0.15, -0.1) is 0 Å². The van der Waals surface area contributed by atoms with Crippen molar-refractivity contribution in [3.63, 3.8) is 0 Å². The van der Waals surface area contributed by atoms with Gasteiger partial charge in [0.05, 0.1) is 6.61 Å². The van der Waals surface area contributed by atoms with Crippen molar-refractivity contribution in [2.45, 2.75) is 31.6 Å². The third-order valence-electron chi connectivity index (χ3n) is 2.35. The van der Waals surface area contributed by atoms with E-state index in [4.69, 9.17) is 14.6 Å². The minimum absolute atomic E-state index is 0.00347. The van der Waals surface area contributed by atoms with Crippen LogP contribution in [0.4, 0.5) is 0 Å². The Morgan fingerprint density at radius 2 is 2.58 bits per heavy atom. The van der Waals surface area contributed by atoms with Crippen LogP contribution in [0, 0.1) is 0 Å². The molecule has 2 aliphatic heterocycles. The Labute approximate surface area is 71.2 Å². The van der Waals surface area contributed by atoms with Gasteiger partial charge in [-0.1, -0.05) is 0 Å². The molecule has 1 N–H and O–H groups in total. The van der Waals surface area contributed by atoms with Crippen LogP contribution in [0.5, 0.6) is 0 Å². The molecule has 12 heavy (non-hydrogen) atoms. The van der Waals surface area contributed by atoms with Crippen molar-refractivity contribution in [1.29, 1.82) is 0 Å². The summed E-state index contributed by atoms with van der Waals surface area (Å²) < 4.78 is 10.8. The Bertz CT molecular complexity index is 216. The second kappa shape index (κ2) is 2.71. The molecule has 0 amide bonds. The molecule has 4 nitrogen and oxygen atoms in total. The van der Waals surface area contributed by atoms with E-state index >= 15 is 0 Å². The van der Waals surface area contributed by atoms with E-state index in [2.05, 4.69) is 4.99 Å². The normalized spacial score (nSPS) is 40.2. The number of fused-ring (bicyclic) bond motifs is 1. The SMILES string of the molecule is CC1=NC2CCCOC2(CO)O1. The minimum Gasteiger partial charge on any atom is -0.445 e.